The molecule has 1 atom stereocenters. The Morgan fingerprint density at radius 1 is 0.297 bits per heavy atom. The van der Waals surface area contributed by atoms with Crippen LogP contribution in [0.1, 0.15) is 324 Å². The summed E-state index contributed by atoms with van der Waals surface area (Å²) in [5.41, 5.74) is 0. The molecule has 0 heterocycles. The van der Waals surface area contributed by atoms with Crippen molar-refractivity contribution >= 4 is 17.9 Å². The van der Waals surface area contributed by atoms with Crippen molar-refractivity contribution in [1.82, 2.24) is 0 Å². The number of ether oxygens (including phenoxy) is 3. The van der Waals surface area contributed by atoms with E-state index >= 15 is 0 Å². The average Bonchev–Trinajstić information content (AvgIpc) is 3.27. The molecule has 0 unspecified atom stereocenters. The van der Waals surface area contributed by atoms with Gasteiger partial charge in [0.1, 0.15) is 13.2 Å². The Balaban J connectivity index is 4.31. The van der Waals surface area contributed by atoms with Crippen LogP contribution in [0.25, 0.3) is 0 Å². The summed E-state index contributed by atoms with van der Waals surface area (Å²) < 4.78 is 16.9. The van der Waals surface area contributed by atoms with Crippen molar-refractivity contribution in [1.29, 1.82) is 0 Å². The lowest BCUT2D eigenvalue weighted by Crippen LogP contribution is -2.30. The van der Waals surface area contributed by atoms with Crippen LogP contribution >= 0.6 is 0 Å². The molecule has 0 saturated carbocycles. The van der Waals surface area contributed by atoms with Crippen LogP contribution in [0.2, 0.25) is 0 Å². The number of unbranched alkanes of at least 4 members (excludes halogenated alkanes) is 37. The molecule has 0 aliphatic carbocycles. The second kappa shape index (κ2) is 50.8. The summed E-state index contributed by atoms with van der Waals surface area (Å²) in [7, 11) is 0. The van der Waals surface area contributed by atoms with Gasteiger partial charge in [-0.1, -0.05) is 285 Å². The van der Waals surface area contributed by atoms with Gasteiger partial charge < -0.3 is 14.2 Å². The van der Waals surface area contributed by atoms with E-state index in [1.54, 1.807) is 0 Å². The van der Waals surface area contributed by atoms with Crippen LogP contribution in [-0.2, 0) is 28.6 Å². The maximum Gasteiger partial charge on any atom is 0.306 e. The van der Waals surface area contributed by atoms with Crippen molar-refractivity contribution in [3.05, 3.63) is 0 Å². The molecule has 380 valence electrons. The van der Waals surface area contributed by atoms with E-state index in [2.05, 4.69) is 34.6 Å². The molecule has 0 aromatic rings. The highest BCUT2D eigenvalue weighted by Gasteiger charge is 2.19. The smallest absolute Gasteiger partial charge is 0.306 e. The highest BCUT2D eigenvalue weighted by molar-refractivity contribution is 5.71. The van der Waals surface area contributed by atoms with Crippen molar-refractivity contribution in [2.24, 2.45) is 11.8 Å². The van der Waals surface area contributed by atoms with Gasteiger partial charge in [-0.3, -0.25) is 14.4 Å². The summed E-state index contributed by atoms with van der Waals surface area (Å²) in [6, 6.07) is 0. The van der Waals surface area contributed by atoms with Gasteiger partial charge in [-0.05, 0) is 31.1 Å². The summed E-state index contributed by atoms with van der Waals surface area (Å²) in [6.07, 6.45) is 53.7. The minimum absolute atomic E-state index is 0.0627. The minimum Gasteiger partial charge on any atom is -0.462 e. The fourth-order valence-electron chi connectivity index (χ4n) is 8.87. The Labute approximate surface area is 399 Å². The van der Waals surface area contributed by atoms with Crippen LogP contribution in [0.4, 0.5) is 0 Å². The van der Waals surface area contributed by atoms with E-state index in [1.807, 2.05) is 0 Å². The molecule has 0 spiro atoms. The maximum atomic E-state index is 12.8. The first kappa shape index (κ1) is 62.4. The summed E-state index contributed by atoms with van der Waals surface area (Å²) in [6.45, 7) is 11.4. The third-order valence-electron chi connectivity index (χ3n) is 13.2. The SMILES string of the molecule is CCCCCCCCCCCCCCCCCC(=O)O[C@@H](COC(=O)CCCCCCCCCCCCCCCC(C)C)COC(=O)CCCCCCCCCCCCCCC(C)C. The zero-order chi connectivity index (χ0) is 46.8. The van der Waals surface area contributed by atoms with Gasteiger partial charge in [-0.2, -0.15) is 0 Å². The molecule has 0 radical (unpaired) electrons. The van der Waals surface area contributed by atoms with E-state index in [-0.39, 0.29) is 31.1 Å². The van der Waals surface area contributed by atoms with Crippen LogP contribution in [-0.4, -0.2) is 37.2 Å². The maximum absolute atomic E-state index is 12.8. The molecule has 0 fully saturated rings. The summed E-state index contributed by atoms with van der Waals surface area (Å²) in [5, 5.41) is 0. The van der Waals surface area contributed by atoms with E-state index in [0.717, 1.165) is 69.6 Å². The van der Waals surface area contributed by atoms with Crippen molar-refractivity contribution in [2.75, 3.05) is 13.2 Å². The molecule has 0 aliphatic rings. The predicted octanol–water partition coefficient (Wildman–Crippen LogP) is 18.9. The molecule has 0 bridgehead atoms. The molecule has 0 saturated heterocycles. The Hall–Kier alpha value is -1.59. The van der Waals surface area contributed by atoms with Crippen LogP contribution < -0.4 is 0 Å². The lowest BCUT2D eigenvalue weighted by Gasteiger charge is -2.18. The second-order valence-electron chi connectivity index (χ2n) is 20.9. The number of carbonyl (C=O) groups excluding carboxylic acids is 3. The normalized spacial score (nSPS) is 12.0. The van der Waals surface area contributed by atoms with Gasteiger partial charge in [0.2, 0.25) is 0 Å². The monoisotopic (exact) mass is 905 g/mol. The third-order valence-corrected chi connectivity index (χ3v) is 13.2. The van der Waals surface area contributed by atoms with Gasteiger partial charge in [0, 0.05) is 19.3 Å². The van der Waals surface area contributed by atoms with Gasteiger partial charge in [0.15, 0.2) is 6.10 Å². The van der Waals surface area contributed by atoms with Gasteiger partial charge >= 0.3 is 17.9 Å². The number of carbonyl (C=O) groups is 3. The molecule has 0 N–H and O–H groups in total. The first-order valence-electron chi connectivity index (χ1n) is 28.7. The average molecular weight is 906 g/mol. The van der Waals surface area contributed by atoms with Crippen LogP contribution in [0, 0.1) is 11.8 Å². The first-order valence-corrected chi connectivity index (χ1v) is 28.7. The number of rotatable bonds is 52. The molecule has 0 aromatic heterocycles. The van der Waals surface area contributed by atoms with Crippen molar-refractivity contribution in [3.8, 4) is 0 Å². The lowest BCUT2D eigenvalue weighted by molar-refractivity contribution is -0.167. The molecule has 6 heteroatoms. The van der Waals surface area contributed by atoms with Crippen LogP contribution in [0.15, 0.2) is 0 Å². The van der Waals surface area contributed by atoms with E-state index < -0.39 is 6.10 Å². The lowest BCUT2D eigenvalue weighted by atomic mass is 10.0. The van der Waals surface area contributed by atoms with Gasteiger partial charge in [-0.15, -0.1) is 0 Å². The number of hydrogen-bond donors (Lipinski definition) is 0. The van der Waals surface area contributed by atoms with Gasteiger partial charge in [-0.25, -0.2) is 0 Å². The molecular formula is C58H112O6. The standard InChI is InChI=1S/C58H112O6/c1-6-7-8-9-10-11-12-13-14-17-25-30-35-40-45-50-58(61)64-55(52-63-57(60)49-44-39-34-29-24-20-19-22-27-32-37-42-47-54(4)5)51-62-56(59)48-43-38-33-28-23-18-15-16-21-26-31-36-41-46-53(2)3/h53-55H,6-52H2,1-5H3/t55-/m0/s1. The quantitative estimate of drug-likeness (QED) is 0.0344. The minimum atomic E-state index is -0.762. The third kappa shape index (κ3) is 51.4. The summed E-state index contributed by atoms with van der Waals surface area (Å²) in [5.74, 6) is 0.834. The van der Waals surface area contributed by atoms with Crippen molar-refractivity contribution < 1.29 is 28.6 Å². The highest BCUT2D eigenvalue weighted by Crippen LogP contribution is 2.18. The zero-order valence-electron chi connectivity index (χ0n) is 43.9. The van der Waals surface area contributed by atoms with Gasteiger partial charge in [0.25, 0.3) is 0 Å². The Morgan fingerprint density at radius 3 is 0.766 bits per heavy atom. The predicted molar refractivity (Wildman–Crippen MR) is 275 cm³/mol. The first-order chi connectivity index (χ1) is 31.2. The van der Waals surface area contributed by atoms with E-state index in [9.17, 15) is 14.4 Å². The number of hydrogen-bond acceptors (Lipinski definition) is 6. The largest absolute Gasteiger partial charge is 0.462 e. The van der Waals surface area contributed by atoms with Crippen LogP contribution in [0.3, 0.4) is 0 Å². The Bertz CT molecular complexity index is 978. The highest BCUT2D eigenvalue weighted by atomic mass is 16.6. The molecule has 0 amide bonds. The molecule has 64 heavy (non-hydrogen) atoms. The second-order valence-corrected chi connectivity index (χ2v) is 20.9. The topological polar surface area (TPSA) is 78.9 Å². The van der Waals surface area contributed by atoms with E-state index in [0.29, 0.717) is 19.3 Å². The molecule has 0 aliphatic heterocycles. The van der Waals surface area contributed by atoms with Gasteiger partial charge in [0.05, 0.1) is 0 Å². The molecule has 0 rings (SSSR count). The summed E-state index contributed by atoms with van der Waals surface area (Å²) >= 11 is 0. The summed E-state index contributed by atoms with van der Waals surface area (Å²) in [4.78, 5) is 38.1. The molecule has 0 aromatic carbocycles. The van der Waals surface area contributed by atoms with Crippen molar-refractivity contribution in [3.63, 3.8) is 0 Å². The Kier molecular flexibility index (Phi) is 49.6. The fraction of sp³-hybridized carbons (Fsp3) is 0.948. The number of esters is 3. The van der Waals surface area contributed by atoms with Crippen LogP contribution in [0.5, 0.6) is 0 Å². The van der Waals surface area contributed by atoms with Crippen molar-refractivity contribution in [2.45, 2.75) is 330 Å². The zero-order valence-corrected chi connectivity index (χ0v) is 43.9. The van der Waals surface area contributed by atoms with E-state index in [4.69, 9.17) is 14.2 Å². The molecular weight excluding hydrogens is 793 g/mol. The molecule has 6 nitrogen and oxygen atoms in total. The Morgan fingerprint density at radius 2 is 0.516 bits per heavy atom. The van der Waals surface area contributed by atoms with E-state index in [1.165, 1.54) is 212 Å². The fourth-order valence-corrected chi connectivity index (χ4v) is 8.87.